The number of rotatable bonds is 3. The number of amidine groups is 1. The molecule has 1 unspecified atom stereocenters. The average Bonchev–Trinajstić information content (AvgIpc) is 2.78. The van der Waals surface area contributed by atoms with Crippen LogP contribution in [0.1, 0.15) is 25.8 Å². The van der Waals surface area contributed by atoms with Crippen LogP contribution in [0.3, 0.4) is 0 Å². The van der Waals surface area contributed by atoms with Gasteiger partial charge in [0.15, 0.2) is 0 Å². The van der Waals surface area contributed by atoms with Crippen molar-refractivity contribution in [3.8, 4) is 0 Å². The van der Waals surface area contributed by atoms with Crippen LogP contribution in [0.25, 0.3) is 0 Å². The molecule has 0 bridgehead atoms. The highest BCUT2D eigenvalue weighted by molar-refractivity contribution is 5.95. The average molecular weight is 231 g/mol. The van der Waals surface area contributed by atoms with Crippen molar-refractivity contribution in [1.29, 1.82) is 5.41 Å². The monoisotopic (exact) mass is 231 g/mol. The quantitative estimate of drug-likeness (QED) is 0.620. The van der Waals surface area contributed by atoms with E-state index in [1.807, 2.05) is 12.1 Å². The molecule has 0 aliphatic carbocycles. The Kier molecular flexibility index (Phi) is 3.36. The van der Waals surface area contributed by atoms with Crippen LogP contribution in [0.5, 0.6) is 0 Å². The third-order valence-electron chi connectivity index (χ3n) is 3.71. The minimum absolute atomic E-state index is 0.137. The normalized spacial score (nSPS) is 19.9. The van der Waals surface area contributed by atoms with E-state index in [1.54, 1.807) is 0 Å². The van der Waals surface area contributed by atoms with Gasteiger partial charge in [0.25, 0.3) is 0 Å². The molecule has 1 heterocycles. The zero-order valence-electron chi connectivity index (χ0n) is 10.6. The molecule has 0 saturated carbocycles. The molecular weight excluding hydrogens is 210 g/mol. The molecule has 1 fully saturated rings. The highest BCUT2D eigenvalue weighted by Gasteiger charge is 2.24. The van der Waals surface area contributed by atoms with E-state index < -0.39 is 0 Å². The second-order valence-corrected chi connectivity index (χ2v) is 5.20. The van der Waals surface area contributed by atoms with Crippen LogP contribution in [-0.2, 0) is 0 Å². The van der Waals surface area contributed by atoms with Gasteiger partial charge in [-0.25, -0.2) is 0 Å². The summed E-state index contributed by atoms with van der Waals surface area (Å²) in [4.78, 5) is 2.43. The zero-order chi connectivity index (χ0) is 12.4. The van der Waals surface area contributed by atoms with Crippen molar-refractivity contribution in [3.05, 3.63) is 29.8 Å². The molecule has 92 valence electrons. The predicted molar refractivity (Wildman–Crippen MR) is 72.6 cm³/mol. The summed E-state index contributed by atoms with van der Waals surface area (Å²) >= 11 is 0. The Balaban J connectivity index is 2.06. The molecule has 1 aliphatic rings. The van der Waals surface area contributed by atoms with Crippen LogP contribution in [0, 0.1) is 17.2 Å². The maximum absolute atomic E-state index is 7.37. The van der Waals surface area contributed by atoms with Crippen molar-refractivity contribution in [1.82, 2.24) is 0 Å². The van der Waals surface area contributed by atoms with E-state index in [0.717, 1.165) is 30.5 Å². The van der Waals surface area contributed by atoms with Crippen molar-refractivity contribution >= 4 is 11.5 Å². The van der Waals surface area contributed by atoms with E-state index in [2.05, 4.69) is 30.9 Å². The lowest BCUT2D eigenvalue weighted by molar-refractivity contribution is 0.423. The zero-order valence-corrected chi connectivity index (χ0v) is 10.6. The summed E-state index contributed by atoms with van der Waals surface area (Å²) < 4.78 is 0. The summed E-state index contributed by atoms with van der Waals surface area (Å²) in [6.45, 7) is 6.89. The lowest BCUT2D eigenvalue weighted by atomic mass is 9.95. The topological polar surface area (TPSA) is 53.1 Å². The largest absolute Gasteiger partial charge is 0.384 e. The number of anilines is 1. The summed E-state index contributed by atoms with van der Waals surface area (Å²) in [6.07, 6.45) is 1.28. The third-order valence-corrected chi connectivity index (χ3v) is 3.71. The molecule has 1 aromatic rings. The van der Waals surface area contributed by atoms with E-state index in [4.69, 9.17) is 11.1 Å². The van der Waals surface area contributed by atoms with Crippen molar-refractivity contribution in [2.45, 2.75) is 20.3 Å². The maximum atomic E-state index is 7.37. The molecule has 1 atom stereocenters. The summed E-state index contributed by atoms with van der Waals surface area (Å²) in [7, 11) is 0. The minimum Gasteiger partial charge on any atom is -0.384 e. The Morgan fingerprint density at radius 3 is 2.47 bits per heavy atom. The molecule has 0 amide bonds. The van der Waals surface area contributed by atoms with Gasteiger partial charge in [0, 0.05) is 24.3 Å². The standard InChI is InChI=1S/C14H21N3/c1-10(2)12-7-8-17(9-12)13-5-3-11(4-6-13)14(15)16/h3-6,10,12H,7-9H2,1-2H3,(H3,15,16). The van der Waals surface area contributed by atoms with E-state index >= 15 is 0 Å². The van der Waals surface area contributed by atoms with Gasteiger partial charge in [-0.2, -0.15) is 0 Å². The van der Waals surface area contributed by atoms with Crippen LogP contribution in [0.15, 0.2) is 24.3 Å². The Bertz CT molecular complexity index is 394. The Morgan fingerprint density at radius 2 is 2.00 bits per heavy atom. The minimum atomic E-state index is 0.137. The van der Waals surface area contributed by atoms with Crippen LogP contribution in [0.2, 0.25) is 0 Å². The molecule has 17 heavy (non-hydrogen) atoms. The van der Waals surface area contributed by atoms with E-state index in [9.17, 15) is 0 Å². The van der Waals surface area contributed by atoms with Crippen LogP contribution in [-0.4, -0.2) is 18.9 Å². The number of nitrogens with one attached hydrogen (secondary N) is 1. The van der Waals surface area contributed by atoms with Gasteiger partial charge < -0.3 is 10.6 Å². The van der Waals surface area contributed by atoms with E-state index in [0.29, 0.717) is 0 Å². The molecule has 0 radical (unpaired) electrons. The maximum Gasteiger partial charge on any atom is 0.122 e. The van der Waals surface area contributed by atoms with Crippen molar-refractivity contribution in [2.75, 3.05) is 18.0 Å². The van der Waals surface area contributed by atoms with Gasteiger partial charge >= 0.3 is 0 Å². The molecule has 2 rings (SSSR count). The number of nitrogens with zero attached hydrogens (tertiary/aromatic N) is 1. The summed E-state index contributed by atoms with van der Waals surface area (Å²) in [5.74, 6) is 1.71. The van der Waals surface area contributed by atoms with Crippen LogP contribution < -0.4 is 10.6 Å². The summed E-state index contributed by atoms with van der Waals surface area (Å²) in [5.41, 5.74) is 7.50. The van der Waals surface area contributed by atoms with Gasteiger partial charge in [0.1, 0.15) is 5.84 Å². The fraction of sp³-hybridized carbons (Fsp3) is 0.500. The number of hydrogen-bond donors (Lipinski definition) is 2. The molecule has 3 nitrogen and oxygen atoms in total. The van der Waals surface area contributed by atoms with Gasteiger partial charge in [0.2, 0.25) is 0 Å². The molecule has 1 aromatic carbocycles. The lowest BCUT2D eigenvalue weighted by Crippen LogP contribution is -2.21. The SMILES string of the molecule is CC(C)C1CCN(c2ccc(C(=N)N)cc2)C1. The molecule has 3 N–H and O–H groups in total. The number of nitrogens with two attached hydrogens (primary N) is 1. The Hall–Kier alpha value is -1.51. The Morgan fingerprint density at radius 1 is 1.35 bits per heavy atom. The second kappa shape index (κ2) is 4.78. The van der Waals surface area contributed by atoms with Crippen molar-refractivity contribution in [2.24, 2.45) is 17.6 Å². The Labute approximate surface area is 103 Å². The fourth-order valence-electron chi connectivity index (χ4n) is 2.42. The molecule has 3 heteroatoms. The van der Waals surface area contributed by atoms with Crippen LogP contribution in [0.4, 0.5) is 5.69 Å². The third kappa shape index (κ3) is 2.60. The first-order valence-electron chi connectivity index (χ1n) is 6.27. The number of nitrogen functional groups attached to an aromatic ring is 1. The van der Waals surface area contributed by atoms with Crippen molar-refractivity contribution in [3.63, 3.8) is 0 Å². The highest BCUT2D eigenvalue weighted by atomic mass is 15.1. The smallest absolute Gasteiger partial charge is 0.122 e. The van der Waals surface area contributed by atoms with Gasteiger partial charge in [-0.05, 0) is 42.5 Å². The molecule has 1 saturated heterocycles. The first-order valence-corrected chi connectivity index (χ1v) is 6.27. The van der Waals surface area contributed by atoms with Gasteiger partial charge in [-0.15, -0.1) is 0 Å². The fourth-order valence-corrected chi connectivity index (χ4v) is 2.42. The summed E-state index contributed by atoms with van der Waals surface area (Å²) in [6, 6.07) is 8.00. The lowest BCUT2D eigenvalue weighted by Gasteiger charge is -2.20. The first kappa shape index (κ1) is 12.0. The van der Waals surface area contributed by atoms with Gasteiger partial charge in [0.05, 0.1) is 0 Å². The second-order valence-electron chi connectivity index (χ2n) is 5.20. The molecule has 0 spiro atoms. The van der Waals surface area contributed by atoms with Gasteiger partial charge in [-0.1, -0.05) is 13.8 Å². The first-order chi connectivity index (χ1) is 8.08. The molecule has 1 aliphatic heterocycles. The van der Waals surface area contributed by atoms with E-state index in [1.165, 1.54) is 12.1 Å². The van der Waals surface area contributed by atoms with Crippen molar-refractivity contribution < 1.29 is 0 Å². The van der Waals surface area contributed by atoms with Gasteiger partial charge in [-0.3, -0.25) is 5.41 Å². The summed E-state index contributed by atoms with van der Waals surface area (Å²) in [5, 5.41) is 7.37. The number of benzene rings is 1. The molecular formula is C14H21N3. The van der Waals surface area contributed by atoms with E-state index in [-0.39, 0.29) is 5.84 Å². The molecule has 0 aromatic heterocycles. The predicted octanol–water partition coefficient (Wildman–Crippen LogP) is 2.45. The van der Waals surface area contributed by atoms with Crippen LogP contribution >= 0.6 is 0 Å². The number of hydrogen-bond acceptors (Lipinski definition) is 2. The highest BCUT2D eigenvalue weighted by Crippen LogP contribution is 2.28.